The molecule has 10 rings (SSSR count). The fourth-order valence-electron chi connectivity index (χ4n) is 10.3. The van der Waals surface area contributed by atoms with Gasteiger partial charge in [-0.25, -0.2) is 13.8 Å². The zero-order chi connectivity index (χ0) is 45.5. The monoisotopic (exact) mass is 922 g/mol. The van der Waals surface area contributed by atoms with Gasteiger partial charge in [-0.05, 0) is 112 Å². The maximum atomic E-state index is 15.2. The molecule has 65 heavy (non-hydrogen) atoms. The number of imide groups is 1. The summed E-state index contributed by atoms with van der Waals surface area (Å²) in [4.78, 5) is 51.4. The number of hydrogen-bond donors (Lipinski definition) is 3. The number of carbonyl (C=O) groups excluding carboxylic acids is 2. The average Bonchev–Trinajstić information content (AvgIpc) is 4.08. The molecule has 1 unspecified atom stereocenters. The molecule has 7 heterocycles. The van der Waals surface area contributed by atoms with Gasteiger partial charge >= 0.3 is 12.1 Å². The van der Waals surface area contributed by atoms with Crippen LogP contribution in [0.1, 0.15) is 80.0 Å². The summed E-state index contributed by atoms with van der Waals surface area (Å²) in [6.45, 7) is 2.64. The van der Waals surface area contributed by atoms with Gasteiger partial charge in [0, 0.05) is 56.6 Å². The van der Waals surface area contributed by atoms with Crippen LogP contribution in [0.4, 0.5) is 45.1 Å². The number of piperidine rings is 3. The summed E-state index contributed by atoms with van der Waals surface area (Å²) < 4.78 is 82.8. The topological polar surface area (TPSA) is 152 Å². The Bertz CT molecular complexity index is 2780. The molecule has 1 aliphatic carbocycles. The van der Waals surface area contributed by atoms with Gasteiger partial charge in [-0.3, -0.25) is 24.4 Å². The zero-order valence-electron chi connectivity index (χ0n) is 35.8. The number of nitrogens with one attached hydrogen (secondary N) is 3. The molecule has 2 aromatic carbocycles. The van der Waals surface area contributed by atoms with Crippen LogP contribution in [0, 0.1) is 11.8 Å². The number of anilines is 4. The molecule has 4 aliphatic heterocycles. The van der Waals surface area contributed by atoms with Crippen molar-refractivity contribution in [3.8, 4) is 5.75 Å². The van der Waals surface area contributed by atoms with Crippen LogP contribution < -0.4 is 31.1 Å². The van der Waals surface area contributed by atoms with Crippen molar-refractivity contribution >= 4 is 68.4 Å². The van der Waals surface area contributed by atoms with E-state index < -0.39 is 53.6 Å². The molecule has 2 amide bonds. The summed E-state index contributed by atoms with van der Waals surface area (Å²) in [7, 11) is 3.24. The van der Waals surface area contributed by atoms with Crippen molar-refractivity contribution in [1.29, 1.82) is 0 Å². The lowest BCUT2D eigenvalue weighted by Gasteiger charge is -2.38. The molecule has 1 saturated carbocycles. The maximum absolute atomic E-state index is 15.2. The SMILES string of the molecule is Cn1nc(C2CCC(=O)NC2=O)c2cc(C(F)(F)F)c(C3CCN(CC4CCN(c5ncc(Cl)c(Nc6ccc7c(c6)c6c(c(=O)n7C)OCC(F)(F)[C@H](C7CC7)N6)n5)CC4)CC3)cc21. The van der Waals surface area contributed by atoms with E-state index in [-0.39, 0.29) is 57.8 Å². The van der Waals surface area contributed by atoms with E-state index in [0.29, 0.717) is 91.7 Å². The number of ether oxygens (including phenoxy) is 1. The van der Waals surface area contributed by atoms with Crippen molar-refractivity contribution in [2.45, 2.75) is 81.3 Å². The Balaban J connectivity index is 0.786. The van der Waals surface area contributed by atoms with Crippen molar-refractivity contribution in [3.05, 3.63) is 68.7 Å². The Hall–Kier alpha value is -5.56. The first-order valence-corrected chi connectivity index (χ1v) is 22.5. The van der Waals surface area contributed by atoms with Crippen LogP contribution >= 0.6 is 11.6 Å². The van der Waals surface area contributed by atoms with Crippen molar-refractivity contribution < 1.29 is 36.3 Å². The van der Waals surface area contributed by atoms with E-state index in [1.807, 2.05) is 0 Å². The van der Waals surface area contributed by atoms with Gasteiger partial charge in [-0.2, -0.15) is 23.3 Å². The summed E-state index contributed by atoms with van der Waals surface area (Å²) >= 11 is 6.61. The third-order valence-electron chi connectivity index (χ3n) is 14.0. The Labute approximate surface area is 374 Å². The molecule has 5 aromatic rings. The van der Waals surface area contributed by atoms with Crippen LogP contribution in [0.3, 0.4) is 0 Å². The van der Waals surface area contributed by atoms with Crippen LogP contribution in [0.25, 0.3) is 21.8 Å². The maximum Gasteiger partial charge on any atom is 0.416 e. The molecule has 3 N–H and O–H groups in total. The lowest BCUT2D eigenvalue weighted by Crippen LogP contribution is -2.44. The van der Waals surface area contributed by atoms with Crippen molar-refractivity contribution in [2.24, 2.45) is 25.9 Å². The molecular weight excluding hydrogens is 875 g/mol. The summed E-state index contributed by atoms with van der Waals surface area (Å²) in [5.74, 6) is -4.35. The quantitative estimate of drug-likeness (QED) is 0.105. The van der Waals surface area contributed by atoms with Crippen LogP contribution in [0.5, 0.6) is 5.75 Å². The van der Waals surface area contributed by atoms with E-state index in [1.165, 1.54) is 15.4 Å². The Kier molecular flexibility index (Phi) is 10.9. The highest BCUT2D eigenvalue weighted by atomic mass is 35.5. The smallest absolute Gasteiger partial charge is 0.416 e. The number of alkyl halides is 5. The molecule has 344 valence electrons. The first kappa shape index (κ1) is 43.3. The zero-order valence-corrected chi connectivity index (χ0v) is 36.5. The van der Waals surface area contributed by atoms with Gasteiger partial charge in [0.1, 0.15) is 5.02 Å². The second kappa shape index (κ2) is 16.4. The number of fused-ring (bicyclic) bond motifs is 4. The Morgan fingerprint density at radius 3 is 2.40 bits per heavy atom. The molecular formula is C45H48ClF5N10O4. The largest absolute Gasteiger partial charge is 0.480 e. The fourth-order valence-corrected chi connectivity index (χ4v) is 10.4. The van der Waals surface area contributed by atoms with Gasteiger partial charge in [0.05, 0.1) is 46.1 Å². The number of pyridine rings is 1. The summed E-state index contributed by atoms with van der Waals surface area (Å²) in [5.41, 5.74) is 1.16. The highest BCUT2D eigenvalue weighted by Crippen LogP contribution is 2.47. The van der Waals surface area contributed by atoms with E-state index in [2.05, 4.69) is 35.8 Å². The van der Waals surface area contributed by atoms with Crippen LogP contribution in [0.15, 0.2) is 41.3 Å². The molecule has 5 aliphatic rings. The number of likely N-dealkylation sites (tertiary alicyclic amines) is 1. The number of aromatic nitrogens is 5. The van der Waals surface area contributed by atoms with Crippen LogP contribution in [0.2, 0.25) is 5.02 Å². The number of amides is 2. The number of aryl methyl sites for hydroxylation is 2. The van der Waals surface area contributed by atoms with Gasteiger partial charge in [0.2, 0.25) is 23.5 Å². The van der Waals surface area contributed by atoms with Crippen LogP contribution in [-0.2, 0) is 29.9 Å². The lowest BCUT2D eigenvalue weighted by atomic mass is 9.84. The number of hydrogen-bond acceptors (Lipinski definition) is 11. The molecule has 3 saturated heterocycles. The molecule has 0 radical (unpaired) electrons. The van der Waals surface area contributed by atoms with Crippen molar-refractivity contribution in [2.75, 3.05) is 54.9 Å². The molecule has 14 nitrogen and oxygen atoms in total. The third-order valence-corrected chi connectivity index (χ3v) is 14.2. The first-order valence-electron chi connectivity index (χ1n) is 22.1. The predicted molar refractivity (Wildman–Crippen MR) is 234 cm³/mol. The summed E-state index contributed by atoms with van der Waals surface area (Å²) in [6.07, 6.45) is 1.43. The molecule has 0 spiro atoms. The summed E-state index contributed by atoms with van der Waals surface area (Å²) in [5, 5.41) is 14.1. The van der Waals surface area contributed by atoms with E-state index in [9.17, 15) is 27.6 Å². The number of carbonyl (C=O) groups is 2. The molecule has 3 aromatic heterocycles. The van der Waals surface area contributed by atoms with E-state index in [1.54, 1.807) is 38.4 Å². The van der Waals surface area contributed by atoms with Gasteiger partial charge in [0.15, 0.2) is 12.4 Å². The minimum atomic E-state index is -4.60. The molecule has 4 fully saturated rings. The number of rotatable bonds is 8. The van der Waals surface area contributed by atoms with Gasteiger partial charge in [0.25, 0.3) is 5.56 Å². The van der Waals surface area contributed by atoms with E-state index >= 15 is 8.78 Å². The van der Waals surface area contributed by atoms with Gasteiger partial charge in [-0.1, -0.05) is 11.6 Å². The lowest BCUT2D eigenvalue weighted by molar-refractivity contribution is -0.138. The second-order valence-corrected chi connectivity index (χ2v) is 18.7. The Morgan fingerprint density at radius 1 is 0.938 bits per heavy atom. The first-order chi connectivity index (χ1) is 31.0. The minimum Gasteiger partial charge on any atom is -0.480 e. The molecule has 20 heteroatoms. The number of nitrogens with zero attached hydrogens (tertiary/aromatic N) is 7. The fraction of sp³-hybridized carbons (Fsp3) is 0.511. The predicted octanol–water partition coefficient (Wildman–Crippen LogP) is 7.47. The van der Waals surface area contributed by atoms with E-state index in [0.717, 1.165) is 25.5 Å². The highest BCUT2D eigenvalue weighted by molar-refractivity contribution is 6.33. The standard InChI is InChI=1S/C45H48ClF5N10O4/c1-58-33-7-5-26(17-29(33)37-38(42(58)64)65-22-44(47,48)39(55-37)25-3-4-25)53-40-32(46)20-52-43(56-40)61-15-9-23(10-16-61)21-60-13-11-24(12-14-60)28-19-34-30(18-31(28)45(49,50)51)36(57-59(34)2)27-6-8-35(62)54-41(27)63/h5,7,17-20,23-25,27,39,55H,3-4,6,8-16,21-22H2,1-2H3,(H,52,53,56)(H,54,62,63)/t27?,39-/m0/s1. The second-order valence-electron chi connectivity index (χ2n) is 18.3. The van der Waals surface area contributed by atoms with Crippen molar-refractivity contribution in [3.63, 3.8) is 0 Å². The van der Waals surface area contributed by atoms with Gasteiger partial charge < -0.3 is 29.7 Å². The van der Waals surface area contributed by atoms with Crippen molar-refractivity contribution in [1.82, 2.24) is 34.5 Å². The van der Waals surface area contributed by atoms with Crippen LogP contribution in [-0.4, -0.2) is 92.3 Å². The normalized spacial score (nSPS) is 22.4. The minimum absolute atomic E-state index is 0.0989. The average molecular weight is 923 g/mol. The Morgan fingerprint density at radius 2 is 1.69 bits per heavy atom. The molecule has 0 bridgehead atoms. The van der Waals surface area contributed by atoms with E-state index in [4.69, 9.17) is 21.3 Å². The summed E-state index contributed by atoms with van der Waals surface area (Å²) in [6, 6.07) is 6.85. The molecule has 2 atom stereocenters. The van der Waals surface area contributed by atoms with Gasteiger partial charge in [-0.15, -0.1) is 0 Å². The highest BCUT2D eigenvalue weighted by Gasteiger charge is 2.51. The number of halogens is 6. The third kappa shape index (κ3) is 8.23. The number of benzene rings is 2.